The monoisotopic (exact) mass is 325 g/mol. The summed E-state index contributed by atoms with van der Waals surface area (Å²) in [5.74, 6) is 2.23. The fourth-order valence-electron chi connectivity index (χ4n) is 2.59. The van der Waals surface area contributed by atoms with Gasteiger partial charge in [0.15, 0.2) is 11.5 Å². The largest absolute Gasteiger partial charge is 0.486 e. The van der Waals surface area contributed by atoms with Crippen LogP contribution in [0, 0.1) is 0 Å². The molecule has 24 heavy (non-hydrogen) atoms. The Kier molecular flexibility index (Phi) is 3.94. The van der Waals surface area contributed by atoms with E-state index in [2.05, 4.69) is 15.6 Å². The maximum Gasteiger partial charge on any atom is 0.253 e. The predicted octanol–water partition coefficient (Wildman–Crippen LogP) is 2.36. The van der Waals surface area contributed by atoms with Crippen molar-refractivity contribution in [2.45, 2.75) is 25.4 Å². The second-order valence-electron chi connectivity index (χ2n) is 5.97. The molecule has 1 aromatic carbocycles. The first kappa shape index (κ1) is 14.8. The van der Waals surface area contributed by atoms with Crippen molar-refractivity contribution in [2.24, 2.45) is 0 Å². The average molecular weight is 325 g/mol. The molecule has 6 nitrogen and oxygen atoms in total. The first-order chi connectivity index (χ1) is 11.8. The molecule has 1 saturated carbocycles. The number of fused-ring (bicyclic) bond motifs is 1. The minimum Gasteiger partial charge on any atom is -0.486 e. The van der Waals surface area contributed by atoms with Gasteiger partial charge in [0, 0.05) is 24.3 Å². The summed E-state index contributed by atoms with van der Waals surface area (Å²) < 4.78 is 11.3. The molecule has 2 N–H and O–H groups in total. The number of aromatic nitrogens is 1. The Morgan fingerprint density at radius 3 is 2.83 bits per heavy atom. The Balaban J connectivity index is 1.40. The van der Waals surface area contributed by atoms with Crippen LogP contribution in [0.5, 0.6) is 11.5 Å². The lowest BCUT2D eigenvalue weighted by molar-refractivity contribution is 0.0951. The van der Waals surface area contributed by atoms with E-state index in [9.17, 15) is 4.79 Å². The third kappa shape index (κ3) is 3.27. The highest BCUT2D eigenvalue weighted by molar-refractivity contribution is 5.94. The molecule has 1 aromatic heterocycles. The SMILES string of the molecule is O=C(NC1CC1)c1ccc(NCc2cccc3c2OCCO3)nc1. The molecule has 0 spiro atoms. The topological polar surface area (TPSA) is 72.5 Å². The van der Waals surface area contributed by atoms with Crippen LogP contribution in [0.15, 0.2) is 36.5 Å². The zero-order valence-electron chi connectivity index (χ0n) is 13.2. The lowest BCUT2D eigenvalue weighted by Crippen LogP contribution is -2.25. The second kappa shape index (κ2) is 6.39. The minimum atomic E-state index is -0.0563. The van der Waals surface area contributed by atoms with E-state index >= 15 is 0 Å². The van der Waals surface area contributed by atoms with Crippen molar-refractivity contribution >= 4 is 11.7 Å². The van der Waals surface area contributed by atoms with Gasteiger partial charge < -0.3 is 20.1 Å². The van der Waals surface area contributed by atoms with Crippen LogP contribution in [-0.4, -0.2) is 30.1 Å². The maximum atomic E-state index is 11.9. The van der Waals surface area contributed by atoms with E-state index in [0.717, 1.165) is 29.9 Å². The smallest absolute Gasteiger partial charge is 0.253 e. The van der Waals surface area contributed by atoms with Crippen LogP contribution < -0.4 is 20.1 Å². The average Bonchev–Trinajstić information content (AvgIpc) is 3.44. The predicted molar refractivity (Wildman–Crippen MR) is 89.5 cm³/mol. The second-order valence-corrected chi connectivity index (χ2v) is 5.97. The van der Waals surface area contributed by atoms with Gasteiger partial charge in [-0.2, -0.15) is 0 Å². The Labute approximate surface area is 140 Å². The van der Waals surface area contributed by atoms with Crippen molar-refractivity contribution in [3.63, 3.8) is 0 Å². The van der Waals surface area contributed by atoms with Crippen LogP contribution in [0.2, 0.25) is 0 Å². The minimum absolute atomic E-state index is 0.0563. The van der Waals surface area contributed by atoms with Gasteiger partial charge in [-0.1, -0.05) is 12.1 Å². The molecule has 0 unspecified atom stereocenters. The fraction of sp³-hybridized carbons (Fsp3) is 0.333. The fourth-order valence-corrected chi connectivity index (χ4v) is 2.59. The van der Waals surface area contributed by atoms with Gasteiger partial charge in [-0.05, 0) is 31.0 Å². The highest BCUT2D eigenvalue weighted by atomic mass is 16.6. The zero-order chi connectivity index (χ0) is 16.4. The van der Waals surface area contributed by atoms with Crippen molar-refractivity contribution in [1.29, 1.82) is 0 Å². The number of carbonyl (C=O) groups excluding carboxylic acids is 1. The molecule has 2 aliphatic rings. The number of carbonyl (C=O) groups is 1. The van der Waals surface area contributed by atoms with E-state index in [4.69, 9.17) is 9.47 Å². The Morgan fingerprint density at radius 1 is 1.17 bits per heavy atom. The van der Waals surface area contributed by atoms with Gasteiger partial charge in [0.1, 0.15) is 19.0 Å². The van der Waals surface area contributed by atoms with Gasteiger partial charge in [-0.3, -0.25) is 4.79 Å². The van der Waals surface area contributed by atoms with Crippen LogP contribution in [-0.2, 0) is 6.54 Å². The van der Waals surface area contributed by atoms with Crippen LogP contribution in [0.4, 0.5) is 5.82 Å². The summed E-state index contributed by atoms with van der Waals surface area (Å²) in [7, 11) is 0. The summed E-state index contributed by atoms with van der Waals surface area (Å²) in [5, 5.41) is 6.20. The third-order valence-electron chi connectivity index (χ3n) is 4.05. The number of nitrogens with one attached hydrogen (secondary N) is 2. The summed E-state index contributed by atoms with van der Waals surface area (Å²) >= 11 is 0. The highest BCUT2D eigenvalue weighted by Crippen LogP contribution is 2.33. The van der Waals surface area contributed by atoms with Crippen LogP contribution in [0.3, 0.4) is 0 Å². The molecule has 0 radical (unpaired) electrons. The van der Waals surface area contributed by atoms with Gasteiger partial charge in [-0.25, -0.2) is 4.98 Å². The number of pyridine rings is 1. The summed E-state index contributed by atoms with van der Waals surface area (Å²) in [6.07, 6.45) is 3.75. The lowest BCUT2D eigenvalue weighted by Gasteiger charge is -2.21. The number of rotatable bonds is 5. The Bertz CT molecular complexity index is 742. The molecule has 2 aromatic rings. The molecule has 1 amide bonds. The van der Waals surface area contributed by atoms with Gasteiger partial charge in [-0.15, -0.1) is 0 Å². The van der Waals surface area contributed by atoms with E-state index < -0.39 is 0 Å². The summed E-state index contributed by atoms with van der Waals surface area (Å²) in [6, 6.07) is 9.80. The first-order valence-electron chi connectivity index (χ1n) is 8.18. The molecule has 6 heteroatoms. The molecule has 0 bridgehead atoms. The maximum absolute atomic E-state index is 11.9. The molecular weight excluding hydrogens is 306 g/mol. The van der Waals surface area contributed by atoms with E-state index in [0.29, 0.717) is 37.2 Å². The van der Waals surface area contributed by atoms with Gasteiger partial charge >= 0.3 is 0 Å². The molecule has 0 saturated heterocycles. The number of anilines is 1. The van der Waals surface area contributed by atoms with Gasteiger partial charge in [0.25, 0.3) is 5.91 Å². The van der Waals surface area contributed by atoms with E-state index in [-0.39, 0.29) is 5.91 Å². The molecule has 4 rings (SSSR count). The quantitative estimate of drug-likeness (QED) is 0.883. The number of nitrogens with zero attached hydrogens (tertiary/aromatic N) is 1. The number of hydrogen-bond acceptors (Lipinski definition) is 5. The standard InChI is InChI=1S/C18H19N3O3/c22-18(21-14-5-6-14)13-4-7-16(20-11-13)19-10-12-2-1-3-15-17(12)24-9-8-23-15/h1-4,7,11,14H,5-6,8-10H2,(H,19,20)(H,21,22). The van der Waals surface area contributed by atoms with Gasteiger partial charge in [0.2, 0.25) is 0 Å². The van der Waals surface area contributed by atoms with Crippen LogP contribution in [0.1, 0.15) is 28.8 Å². The van der Waals surface area contributed by atoms with Crippen LogP contribution >= 0.6 is 0 Å². The summed E-state index contributed by atoms with van der Waals surface area (Å²) in [4.78, 5) is 16.3. The van der Waals surface area contributed by atoms with Crippen molar-refractivity contribution in [2.75, 3.05) is 18.5 Å². The van der Waals surface area contributed by atoms with Crippen molar-refractivity contribution in [1.82, 2.24) is 10.3 Å². The summed E-state index contributed by atoms with van der Waals surface area (Å²) in [6.45, 7) is 1.72. The zero-order valence-corrected chi connectivity index (χ0v) is 13.2. The number of benzene rings is 1. The Morgan fingerprint density at radius 2 is 2.04 bits per heavy atom. The molecule has 2 heterocycles. The number of amides is 1. The molecule has 1 fully saturated rings. The van der Waals surface area contributed by atoms with Crippen molar-refractivity contribution in [3.8, 4) is 11.5 Å². The van der Waals surface area contributed by atoms with Crippen LogP contribution in [0.25, 0.3) is 0 Å². The molecule has 124 valence electrons. The molecule has 1 aliphatic heterocycles. The van der Waals surface area contributed by atoms with Crippen molar-refractivity contribution in [3.05, 3.63) is 47.7 Å². The number of ether oxygens (including phenoxy) is 2. The first-order valence-corrected chi connectivity index (χ1v) is 8.18. The summed E-state index contributed by atoms with van der Waals surface area (Å²) in [5.41, 5.74) is 1.60. The third-order valence-corrected chi connectivity index (χ3v) is 4.05. The van der Waals surface area contributed by atoms with Gasteiger partial charge in [0.05, 0.1) is 5.56 Å². The van der Waals surface area contributed by atoms with Crippen molar-refractivity contribution < 1.29 is 14.3 Å². The Hall–Kier alpha value is -2.76. The number of para-hydroxylation sites is 1. The van der Waals surface area contributed by atoms with E-state index in [1.54, 1.807) is 12.3 Å². The highest BCUT2D eigenvalue weighted by Gasteiger charge is 2.23. The normalized spacial score (nSPS) is 15.7. The lowest BCUT2D eigenvalue weighted by atomic mass is 10.1. The number of hydrogen-bond donors (Lipinski definition) is 2. The molecule has 0 atom stereocenters. The van der Waals surface area contributed by atoms with E-state index in [1.165, 1.54) is 0 Å². The molecular formula is C18H19N3O3. The molecule has 1 aliphatic carbocycles. The van der Waals surface area contributed by atoms with E-state index in [1.807, 2.05) is 24.3 Å².